The molecule has 0 atom stereocenters. The standard InChI is InChI=1S/C15H28O5/c1-4-6-8-13(17)19-11-15(3,10-16)12-20-14(18)9-7-5-2/h16H,4-12H2,1-3H3. The number of ether oxygens (including phenoxy) is 2. The molecule has 5 heteroatoms. The molecule has 0 aliphatic carbocycles. The van der Waals surface area contributed by atoms with Crippen molar-refractivity contribution in [2.75, 3.05) is 19.8 Å². The van der Waals surface area contributed by atoms with Gasteiger partial charge in [0.1, 0.15) is 13.2 Å². The first-order chi connectivity index (χ1) is 9.47. The van der Waals surface area contributed by atoms with Gasteiger partial charge >= 0.3 is 11.9 Å². The highest BCUT2D eigenvalue weighted by Gasteiger charge is 2.27. The molecule has 0 rings (SSSR count). The summed E-state index contributed by atoms with van der Waals surface area (Å²) in [6.45, 7) is 5.66. The summed E-state index contributed by atoms with van der Waals surface area (Å²) in [6.07, 6.45) is 4.22. The lowest BCUT2D eigenvalue weighted by Crippen LogP contribution is -2.35. The van der Waals surface area contributed by atoms with Gasteiger partial charge in [-0.05, 0) is 12.8 Å². The Kier molecular flexibility index (Phi) is 10.1. The summed E-state index contributed by atoms with van der Waals surface area (Å²) in [5.74, 6) is -0.548. The predicted molar refractivity (Wildman–Crippen MR) is 76.2 cm³/mol. The number of hydrogen-bond donors (Lipinski definition) is 1. The Morgan fingerprint density at radius 3 is 1.65 bits per heavy atom. The van der Waals surface area contributed by atoms with E-state index in [-0.39, 0.29) is 31.8 Å². The van der Waals surface area contributed by atoms with E-state index in [2.05, 4.69) is 0 Å². The fraction of sp³-hybridized carbons (Fsp3) is 0.867. The first-order valence-electron chi connectivity index (χ1n) is 7.39. The van der Waals surface area contributed by atoms with Crippen molar-refractivity contribution in [3.63, 3.8) is 0 Å². The van der Waals surface area contributed by atoms with Crippen LogP contribution in [-0.4, -0.2) is 36.9 Å². The maximum atomic E-state index is 11.4. The third kappa shape index (κ3) is 8.91. The van der Waals surface area contributed by atoms with Crippen LogP contribution in [-0.2, 0) is 19.1 Å². The number of aliphatic hydroxyl groups is 1. The molecule has 5 nitrogen and oxygen atoms in total. The molecule has 0 radical (unpaired) electrons. The molecular weight excluding hydrogens is 260 g/mol. The maximum Gasteiger partial charge on any atom is 0.305 e. The molecule has 118 valence electrons. The van der Waals surface area contributed by atoms with E-state index in [0.29, 0.717) is 12.8 Å². The number of hydrogen-bond acceptors (Lipinski definition) is 5. The summed E-state index contributed by atoms with van der Waals surface area (Å²) >= 11 is 0. The third-order valence-corrected chi connectivity index (χ3v) is 3.01. The molecule has 0 amide bonds. The lowest BCUT2D eigenvalue weighted by atomic mass is 9.94. The highest BCUT2D eigenvalue weighted by atomic mass is 16.5. The fourth-order valence-electron chi connectivity index (χ4n) is 1.43. The van der Waals surface area contributed by atoms with Crippen LogP contribution in [0.2, 0.25) is 0 Å². The Labute approximate surface area is 121 Å². The van der Waals surface area contributed by atoms with Crippen LogP contribution in [0.1, 0.15) is 59.3 Å². The van der Waals surface area contributed by atoms with Crippen molar-refractivity contribution in [2.24, 2.45) is 5.41 Å². The number of unbranched alkanes of at least 4 members (excludes halogenated alkanes) is 2. The molecular formula is C15H28O5. The average Bonchev–Trinajstić information content (AvgIpc) is 2.46. The minimum atomic E-state index is -0.732. The largest absolute Gasteiger partial charge is 0.465 e. The number of esters is 2. The molecule has 0 bridgehead atoms. The molecule has 0 heterocycles. The smallest absolute Gasteiger partial charge is 0.305 e. The molecule has 0 saturated heterocycles. The van der Waals surface area contributed by atoms with Gasteiger partial charge in [0.05, 0.1) is 12.0 Å². The summed E-state index contributed by atoms with van der Waals surface area (Å²) in [5, 5.41) is 9.38. The summed E-state index contributed by atoms with van der Waals surface area (Å²) in [5.41, 5.74) is -0.732. The van der Waals surface area contributed by atoms with Gasteiger partial charge in [0, 0.05) is 12.8 Å². The highest BCUT2D eigenvalue weighted by molar-refractivity contribution is 5.69. The van der Waals surface area contributed by atoms with Gasteiger partial charge in [-0.3, -0.25) is 9.59 Å². The second-order valence-electron chi connectivity index (χ2n) is 5.50. The topological polar surface area (TPSA) is 72.8 Å². The van der Waals surface area contributed by atoms with E-state index in [1.165, 1.54) is 0 Å². The molecule has 0 saturated carbocycles. The predicted octanol–water partition coefficient (Wildman–Crippen LogP) is 2.45. The molecule has 0 aromatic heterocycles. The zero-order chi connectivity index (χ0) is 15.4. The molecule has 0 spiro atoms. The van der Waals surface area contributed by atoms with Crippen LogP contribution in [0.15, 0.2) is 0 Å². The van der Waals surface area contributed by atoms with Crippen LogP contribution in [0.5, 0.6) is 0 Å². The summed E-state index contributed by atoms with van der Waals surface area (Å²) in [4.78, 5) is 22.9. The van der Waals surface area contributed by atoms with E-state index >= 15 is 0 Å². The second-order valence-corrected chi connectivity index (χ2v) is 5.50. The summed E-state index contributed by atoms with van der Waals surface area (Å²) in [6, 6.07) is 0. The monoisotopic (exact) mass is 288 g/mol. The van der Waals surface area contributed by atoms with Crippen molar-refractivity contribution in [3.05, 3.63) is 0 Å². The number of carbonyl (C=O) groups excluding carboxylic acids is 2. The second kappa shape index (κ2) is 10.7. The summed E-state index contributed by atoms with van der Waals surface area (Å²) in [7, 11) is 0. The van der Waals surface area contributed by atoms with Crippen LogP contribution in [0.4, 0.5) is 0 Å². The van der Waals surface area contributed by atoms with Crippen molar-refractivity contribution in [1.82, 2.24) is 0 Å². The number of aliphatic hydroxyl groups excluding tert-OH is 1. The molecule has 0 unspecified atom stereocenters. The van der Waals surface area contributed by atoms with Gasteiger partial charge in [0.2, 0.25) is 0 Å². The fourth-order valence-corrected chi connectivity index (χ4v) is 1.43. The molecule has 0 fully saturated rings. The van der Waals surface area contributed by atoms with Gasteiger partial charge in [0.15, 0.2) is 0 Å². The van der Waals surface area contributed by atoms with Gasteiger partial charge in [-0.15, -0.1) is 0 Å². The maximum absolute atomic E-state index is 11.4. The van der Waals surface area contributed by atoms with Gasteiger partial charge in [-0.2, -0.15) is 0 Å². The van der Waals surface area contributed by atoms with Crippen molar-refractivity contribution in [1.29, 1.82) is 0 Å². The normalized spacial score (nSPS) is 11.2. The van der Waals surface area contributed by atoms with Crippen LogP contribution >= 0.6 is 0 Å². The lowest BCUT2D eigenvalue weighted by molar-refractivity contribution is -0.155. The Hall–Kier alpha value is -1.10. The van der Waals surface area contributed by atoms with E-state index in [4.69, 9.17) is 9.47 Å². The number of rotatable bonds is 11. The Morgan fingerprint density at radius 2 is 1.35 bits per heavy atom. The minimum absolute atomic E-state index is 0.0626. The molecule has 0 aromatic carbocycles. The van der Waals surface area contributed by atoms with Gasteiger partial charge in [-0.25, -0.2) is 0 Å². The van der Waals surface area contributed by atoms with Gasteiger partial charge in [0.25, 0.3) is 0 Å². The molecule has 0 aromatic rings. The van der Waals surface area contributed by atoms with Crippen LogP contribution in [0, 0.1) is 5.41 Å². The van der Waals surface area contributed by atoms with Crippen LogP contribution in [0.3, 0.4) is 0 Å². The minimum Gasteiger partial charge on any atom is -0.465 e. The third-order valence-electron chi connectivity index (χ3n) is 3.01. The SMILES string of the molecule is CCCCC(=O)OCC(C)(CO)COC(=O)CCCC. The van der Waals surface area contributed by atoms with Crippen molar-refractivity contribution in [3.8, 4) is 0 Å². The molecule has 20 heavy (non-hydrogen) atoms. The first kappa shape index (κ1) is 18.9. The van der Waals surface area contributed by atoms with E-state index in [0.717, 1.165) is 25.7 Å². The Balaban J connectivity index is 4.06. The van der Waals surface area contributed by atoms with Gasteiger partial charge in [-0.1, -0.05) is 33.6 Å². The summed E-state index contributed by atoms with van der Waals surface area (Å²) < 4.78 is 10.2. The number of carbonyl (C=O) groups is 2. The van der Waals surface area contributed by atoms with Gasteiger partial charge < -0.3 is 14.6 Å². The Bertz CT molecular complexity index is 264. The van der Waals surface area contributed by atoms with E-state index in [1.807, 2.05) is 13.8 Å². The zero-order valence-electron chi connectivity index (χ0n) is 12.9. The van der Waals surface area contributed by atoms with Crippen molar-refractivity contribution in [2.45, 2.75) is 59.3 Å². The van der Waals surface area contributed by atoms with Crippen molar-refractivity contribution < 1.29 is 24.2 Å². The lowest BCUT2D eigenvalue weighted by Gasteiger charge is -2.26. The highest BCUT2D eigenvalue weighted by Crippen LogP contribution is 2.17. The zero-order valence-corrected chi connectivity index (χ0v) is 12.9. The molecule has 0 aliphatic heterocycles. The molecule has 0 aliphatic rings. The van der Waals surface area contributed by atoms with E-state index in [1.54, 1.807) is 6.92 Å². The van der Waals surface area contributed by atoms with Crippen LogP contribution < -0.4 is 0 Å². The first-order valence-corrected chi connectivity index (χ1v) is 7.39. The van der Waals surface area contributed by atoms with E-state index < -0.39 is 5.41 Å². The Morgan fingerprint density at radius 1 is 0.950 bits per heavy atom. The average molecular weight is 288 g/mol. The van der Waals surface area contributed by atoms with Crippen LogP contribution in [0.25, 0.3) is 0 Å². The quantitative estimate of drug-likeness (QED) is 0.591. The molecule has 1 N–H and O–H groups in total. The van der Waals surface area contributed by atoms with Crippen molar-refractivity contribution >= 4 is 11.9 Å². The van der Waals surface area contributed by atoms with E-state index in [9.17, 15) is 14.7 Å².